The van der Waals surface area contributed by atoms with Crippen molar-refractivity contribution in [3.8, 4) is 11.1 Å². The van der Waals surface area contributed by atoms with Gasteiger partial charge in [-0.1, -0.05) is 48.5 Å². The van der Waals surface area contributed by atoms with E-state index in [1.807, 2.05) is 36.4 Å². The largest absolute Gasteiger partial charge is 0.468 e. The lowest BCUT2D eigenvalue weighted by Crippen LogP contribution is -2.43. The summed E-state index contributed by atoms with van der Waals surface area (Å²) in [5, 5.41) is 2.66. The summed E-state index contributed by atoms with van der Waals surface area (Å²) in [5.74, 6) is -0.855. The molecule has 12 heteroatoms. The molecule has 1 aliphatic carbocycles. The molecule has 0 atom stereocenters. The molecule has 0 unspecified atom stereocenters. The van der Waals surface area contributed by atoms with Gasteiger partial charge < -0.3 is 30.0 Å². The first-order chi connectivity index (χ1) is 19.0. The summed E-state index contributed by atoms with van der Waals surface area (Å²) in [6, 6.07) is 16.1. The predicted molar refractivity (Wildman–Crippen MR) is 141 cm³/mol. The molecule has 3 N–H and O–H groups in total. The lowest BCUT2D eigenvalue weighted by molar-refractivity contribution is -0.147. The molecular weight excluding hydrogens is 502 g/mol. The topological polar surface area (TPSA) is 155 Å². The van der Waals surface area contributed by atoms with Crippen molar-refractivity contribution in [1.82, 2.24) is 29.7 Å². The number of carbonyl (C=O) groups excluding carboxylic acids is 3. The number of rotatable bonds is 9. The molecule has 2 aromatic carbocycles. The zero-order valence-corrected chi connectivity index (χ0v) is 21.2. The van der Waals surface area contributed by atoms with Crippen LogP contribution in [0.2, 0.25) is 0 Å². The van der Waals surface area contributed by atoms with Crippen LogP contribution in [0, 0.1) is 0 Å². The summed E-state index contributed by atoms with van der Waals surface area (Å²) in [6.07, 6.45) is 2.10. The zero-order valence-electron chi connectivity index (χ0n) is 21.2. The van der Waals surface area contributed by atoms with Crippen LogP contribution in [0.5, 0.6) is 0 Å². The third-order valence-electron chi connectivity index (χ3n) is 6.63. The number of hydrogen-bond donors (Lipinski definition) is 2. The Morgan fingerprint density at radius 3 is 2.41 bits per heavy atom. The standard InChI is InChI=1S/C27H27N7O5/c1-38-23(36)13-33(22(35)12-34-16-32-24-25(28)30-15-31-26(24)34)11-10-29-27(37)39-14-21-19-8-4-2-6-17(19)18-7-3-5-9-20(18)21/h2-9,15-16,21H,10-14H2,1H3,(H,29,37)(H2,28,30,31). The highest BCUT2D eigenvalue weighted by atomic mass is 16.5. The van der Waals surface area contributed by atoms with Crippen LogP contribution in [-0.4, -0.2) is 75.7 Å². The Hall–Kier alpha value is -5.00. The number of ether oxygens (including phenoxy) is 2. The van der Waals surface area contributed by atoms with E-state index in [1.165, 1.54) is 29.2 Å². The smallest absolute Gasteiger partial charge is 0.407 e. The van der Waals surface area contributed by atoms with Crippen molar-refractivity contribution in [2.75, 3.05) is 39.1 Å². The van der Waals surface area contributed by atoms with E-state index >= 15 is 0 Å². The maximum atomic E-state index is 13.1. The maximum Gasteiger partial charge on any atom is 0.407 e. The molecular formula is C27H27N7O5. The van der Waals surface area contributed by atoms with Crippen LogP contribution < -0.4 is 11.1 Å². The number of alkyl carbamates (subject to hydrolysis) is 1. The van der Waals surface area contributed by atoms with E-state index in [1.54, 1.807) is 0 Å². The number of carbonyl (C=O) groups is 3. The van der Waals surface area contributed by atoms with Gasteiger partial charge >= 0.3 is 12.1 Å². The minimum Gasteiger partial charge on any atom is -0.468 e. The summed E-state index contributed by atoms with van der Waals surface area (Å²) >= 11 is 0. The van der Waals surface area contributed by atoms with E-state index in [0.29, 0.717) is 11.2 Å². The van der Waals surface area contributed by atoms with Crippen LogP contribution in [0.3, 0.4) is 0 Å². The monoisotopic (exact) mass is 529 g/mol. The van der Waals surface area contributed by atoms with Crippen LogP contribution >= 0.6 is 0 Å². The van der Waals surface area contributed by atoms with Crippen molar-refractivity contribution < 1.29 is 23.9 Å². The number of nitrogens with one attached hydrogen (secondary N) is 1. The normalized spacial score (nSPS) is 12.0. The molecule has 2 aromatic heterocycles. The fourth-order valence-corrected chi connectivity index (χ4v) is 4.71. The van der Waals surface area contributed by atoms with Gasteiger partial charge in [0.05, 0.1) is 13.4 Å². The van der Waals surface area contributed by atoms with Gasteiger partial charge in [0.2, 0.25) is 5.91 Å². The molecule has 0 saturated carbocycles. The molecule has 200 valence electrons. The minimum atomic E-state index is -0.616. The molecule has 0 spiro atoms. The SMILES string of the molecule is COC(=O)CN(CCNC(=O)OCC1c2ccccc2-c2ccccc21)C(=O)Cn1cnc2c(N)ncnc21. The molecule has 0 fully saturated rings. The molecule has 0 aliphatic heterocycles. The van der Waals surface area contributed by atoms with Crippen LogP contribution in [0.1, 0.15) is 17.0 Å². The van der Waals surface area contributed by atoms with Gasteiger partial charge in [0.15, 0.2) is 11.5 Å². The lowest BCUT2D eigenvalue weighted by atomic mass is 9.98. The number of anilines is 1. The van der Waals surface area contributed by atoms with E-state index in [0.717, 1.165) is 22.3 Å². The van der Waals surface area contributed by atoms with Crippen molar-refractivity contribution in [3.05, 3.63) is 72.3 Å². The van der Waals surface area contributed by atoms with Gasteiger partial charge in [-0.2, -0.15) is 0 Å². The third-order valence-corrected chi connectivity index (χ3v) is 6.63. The number of amides is 2. The molecule has 2 amide bonds. The van der Waals surface area contributed by atoms with E-state index in [4.69, 9.17) is 15.2 Å². The van der Waals surface area contributed by atoms with Gasteiger partial charge in [0, 0.05) is 19.0 Å². The number of methoxy groups -OCH3 is 1. The molecule has 1 aliphatic rings. The average molecular weight is 530 g/mol. The number of fused-ring (bicyclic) bond motifs is 4. The Labute approximate surface area is 223 Å². The van der Waals surface area contributed by atoms with Crippen molar-refractivity contribution in [1.29, 1.82) is 0 Å². The Morgan fingerprint density at radius 1 is 1.03 bits per heavy atom. The van der Waals surface area contributed by atoms with Gasteiger partial charge in [-0.05, 0) is 22.3 Å². The highest BCUT2D eigenvalue weighted by Gasteiger charge is 2.29. The molecule has 39 heavy (non-hydrogen) atoms. The quantitative estimate of drug-likeness (QED) is 0.310. The first-order valence-corrected chi connectivity index (χ1v) is 12.3. The Morgan fingerprint density at radius 2 is 1.72 bits per heavy atom. The Balaban J connectivity index is 1.18. The number of nitrogens with two attached hydrogens (primary N) is 1. The summed E-state index contributed by atoms with van der Waals surface area (Å²) in [7, 11) is 1.24. The van der Waals surface area contributed by atoms with Gasteiger partial charge in [-0.25, -0.2) is 19.7 Å². The summed E-state index contributed by atoms with van der Waals surface area (Å²) in [4.78, 5) is 51.0. The Kier molecular flexibility index (Phi) is 7.34. The highest BCUT2D eigenvalue weighted by molar-refractivity contribution is 5.85. The van der Waals surface area contributed by atoms with Crippen LogP contribution in [0.25, 0.3) is 22.3 Å². The maximum absolute atomic E-state index is 13.1. The van der Waals surface area contributed by atoms with E-state index in [-0.39, 0.29) is 44.5 Å². The number of benzene rings is 2. The van der Waals surface area contributed by atoms with E-state index in [9.17, 15) is 14.4 Å². The summed E-state index contributed by atoms with van der Waals surface area (Å²) in [5.41, 5.74) is 11.1. The first-order valence-electron chi connectivity index (χ1n) is 12.3. The van der Waals surface area contributed by atoms with Crippen molar-refractivity contribution >= 4 is 35.0 Å². The Bertz CT molecular complexity index is 1490. The number of aromatic nitrogens is 4. The number of esters is 1. The van der Waals surface area contributed by atoms with Gasteiger partial charge in [0.25, 0.3) is 0 Å². The number of imidazole rings is 1. The van der Waals surface area contributed by atoms with Crippen LogP contribution in [0.4, 0.5) is 10.6 Å². The van der Waals surface area contributed by atoms with Gasteiger partial charge in [-0.15, -0.1) is 0 Å². The van der Waals surface area contributed by atoms with E-state index < -0.39 is 18.0 Å². The van der Waals surface area contributed by atoms with Gasteiger partial charge in [0.1, 0.15) is 31.5 Å². The molecule has 0 radical (unpaired) electrons. The molecule has 0 saturated heterocycles. The molecule has 12 nitrogen and oxygen atoms in total. The second-order valence-corrected chi connectivity index (χ2v) is 8.95. The van der Waals surface area contributed by atoms with Crippen molar-refractivity contribution in [2.24, 2.45) is 0 Å². The zero-order chi connectivity index (χ0) is 27.4. The minimum absolute atomic E-state index is 0.0574. The summed E-state index contributed by atoms with van der Waals surface area (Å²) < 4.78 is 11.8. The first kappa shape index (κ1) is 25.6. The highest BCUT2D eigenvalue weighted by Crippen LogP contribution is 2.44. The van der Waals surface area contributed by atoms with Gasteiger partial charge in [-0.3, -0.25) is 9.59 Å². The van der Waals surface area contributed by atoms with Crippen molar-refractivity contribution in [2.45, 2.75) is 12.5 Å². The molecule has 0 bridgehead atoms. The molecule has 4 aromatic rings. The van der Waals surface area contributed by atoms with Crippen LogP contribution in [0.15, 0.2) is 61.2 Å². The fraction of sp³-hybridized carbons (Fsp3) is 0.259. The van der Waals surface area contributed by atoms with Crippen LogP contribution in [-0.2, 0) is 25.6 Å². The predicted octanol–water partition coefficient (Wildman–Crippen LogP) is 1.95. The number of nitrogens with zero attached hydrogens (tertiary/aromatic N) is 5. The molecule has 5 rings (SSSR count). The number of hydrogen-bond acceptors (Lipinski definition) is 9. The lowest BCUT2D eigenvalue weighted by Gasteiger charge is -2.22. The average Bonchev–Trinajstić information content (AvgIpc) is 3.51. The molecule has 2 heterocycles. The van der Waals surface area contributed by atoms with E-state index in [2.05, 4.69) is 32.4 Å². The fourth-order valence-electron chi connectivity index (χ4n) is 4.71. The second-order valence-electron chi connectivity index (χ2n) is 8.95. The summed E-state index contributed by atoms with van der Waals surface area (Å²) in [6.45, 7) is -0.134. The third kappa shape index (κ3) is 5.35. The number of nitrogen functional groups attached to an aromatic ring is 1. The second kappa shape index (κ2) is 11.2. The van der Waals surface area contributed by atoms with Crippen molar-refractivity contribution in [3.63, 3.8) is 0 Å².